The molecule has 1 N–H and O–H groups in total. The summed E-state index contributed by atoms with van der Waals surface area (Å²) in [6.45, 7) is 5.35. The number of rotatable bonds is 6. The Morgan fingerprint density at radius 1 is 1.09 bits per heavy atom. The molecule has 1 fully saturated rings. The maximum atomic E-state index is 12.6. The summed E-state index contributed by atoms with van der Waals surface area (Å²) in [7, 11) is 0. The molecular formula is C24H24Cl2N4O3S. The number of likely N-dealkylation sites (tertiary alicyclic amines) is 1. The summed E-state index contributed by atoms with van der Waals surface area (Å²) in [5, 5.41) is 5.77. The molecule has 3 heterocycles. The van der Waals surface area contributed by atoms with Crippen LogP contribution in [-0.2, 0) is 4.79 Å². The van der Waals surface area contributed by atoms with Crippen LogP contribution < -0.4 is 10.1 Å². The number of carbonyl (C=O) groups excluding carboxylic acids is 2. The summed E-state index contributed by atoms with van der Waals surface area (Å²) in [4.78, 5) is 35.4. The molecule has 0 unspecified atom stereocenters. The molecule has 0 bridgehead atoms. The van der Waals surface area contributed by atoms with Gasteiger partial charge in [-0.05, 0) is 62.1 Å². The van der Waals surface area contributed by atoms with Crippen molar-refractivity contribution in [3.05, 3.63) is 67.8 Å². The first-order valence-electron chi connectivity index (χ1n) is 10.9. The van der Waals surface area contributed by atoms with Crippen LogP contribution in [0.5, 0.6) is 5.75 Å². The van der Waals surface area contributed by atoms with Crippen LogP contribution in [0.4, 0.5) is 5.69 Å². The van der Waals surface area contributed by atoms with Crippen LogP contribution in [0.15, 0.2) is 35.7 Å². The van der Waals surface area contributed by atoms with Gasteiger partial charge in [0.1, 0.15) is 21.7 Å². The van der Waals surface area contributed by atoms with E-state index in [1.54, 1.807) is 5.38 Å². The van der Waals surface area contributed by atoms with Crippen LogP contribution in [0.2, 0.25) is 10.3 Å². The highest BCUT2D eigenvalue weighted by Crippen LogP contribution is 2.31. The zero-order chi connectivity index (χ0) is 24.2. The van der Waals surface area contributed by atoms with E-state index in [2.05, 4.69) is 15.3 Å². The van der Waals surface area contributed by atoms with E-state index in [9.17, 15) is 9.59 Å². The minimum absolute atomic E-state index is 0.0226. The predicted octanol–water partition coefficient (Wildman–Crippen LogP) is 5.50. The number of carbonyl (C=O) groups is 2. The summed E-state index contributed by atoms with van der Waals surface area (Å²) in [6, 6.07) is 8.87. The highest BCUT2D eigenvalue weighted by Gasteiger charge is 2.26. The number of piperidine rings is 1. The van der Waals surface area contributed by atoms with E-state index >= 15 is 0 Å². The number of pyridine rings is 1. The van der Waals surface area contributed by atoms with Crippen LogP contribution >= 0.6 is 34.5 Å². The zero-order valence-electron chi connectivity index (χ0n) is 18.8. The van der Waals surface area contributed by atoms with E-state index in [1.165, 1.54) is 29.0 Å². The minimum atomic E-state index is -0.336. The van der Waals surface area contributed by atoms with Gasteiger partial charge in [-0.25, -0.2) is 9.97 Å². The van der Waals surface area contributed by atoms with Crippen molar-refractivity contribution in [3.8, 4) is 5.75 Å². The molecule has 178 valence electrons. The number of hydrogen-bond acceptors (Lipinski definition) is 6. The van der Waals surface area contributed by atoms with Gasteiger partial charge in [0.15, 0.2) is 6.61 Å². The molecule has 4 rings (SSSR count). The SMILES string of the molecule is Cc1ccc(OCC(=O)N2CCC(c3nc(C(=O)Nc4cc(Cl)nc(Cl)c4)cs3)CC2)cc1C. The van der Waals surface area contributed by atoms with Gasteiger partial charge in [-0.3, -0.25) is 9.59 Å². The molecule has 0 radical (unpaired) electrons. The fourth-order valence-electron chi connectivity index (χ4n) is 3.73. The second-order valence-electron chi connectivity index (χ2n) is 8.22. The maximum absolute atomic E-state index is 12.6. The molecule has 1 aliphatic heterocycles. The number of halogens is 2. The third kappa shape index (κ3) is 6.05. The molecule has 34 heavy (non-hydrogen) atoms. The van der Waals surface area contributed by atoms with Gasteiger partial charge in [-0.1, -0.05) is 29.3 Å². The van der Waals surface area contributed by atoms with Gasteiger partial charge in [-0.2, -0.15) is 0 Å². The second-order valence-corrected chi connectivity index (χ2v) is 9.88. The number of anilines is 1. The summed E-state index contributed by atoms with van der Waals surface area (Å²) in [5.74, 6) is 0.555. The summed E-state index contributed by atoms with van der Waals surface area (Å²) in [6.07, 6.45) is 1.58. The van der Waals surface area contributed by atoms with Gasteiger partial charge in [0, 0.05) is 30.1 Å². The van der Waals surface area contributed by atoms with Gasteiger partial charge in [0.25, 0.3) is 11.8 Å². The van der Waals surface area contributed by atoms with Gasteiger partial charge in [-0.15, -0.1) is 11.3 Å². The van der Waals surface area contributed by atoms with Crippen LogP contribution in [0, 0.1) is 13.8 Å². The predicted molar refractivity (Wildman–Crippen MR) is 134 cm³/mol. The van der Waals surface area contributed by atoms with Crippen molar-refractivity contribution in [2.45, 2.75) is 32.6 Å². The monoisotopic (exact) mass is 518 g/mol. The molecule has 2 amide bonds. The lowest BCUT2D eigenvalue weighted by Crippen LogP contribution is -2.40. The van der Waals surface area contributed by atoms with Crippen molar-refractivity contribution >= 4 is 52.0 Å². The quantitative estimate of drug-likeness (QED) is 0.435. The van der Waals surface area contributed by atoms with Gasteiger partial charge in [0.2, 0.25) is 0 Å². The van der Waals surface area contributed by atoms with Crippen molar-refractivity contribution in [1.29, 1.82) is 0 Å². The molecule has 0 atom stereocenters. The molecule has 1 saturated heterocycles. The fraction of sp³-hybridized carbons (Fsp3) is 0.333. The van der Waals surface area contributed by atoms with E-state index in [0.29, 0.717) is 30.2 Å². The number of hydrogen-bond donors (Lipinski definition) is 1. The standard InChI is InChI=1S/C24H24Cl2N4O3S/c1-14-3-4-18(9-15(14)2)33-12-22(31)30-7-5-16(6-8-30)24-28-19(13-34-24)23(32)27-17-10-20(25)29-21(26)11-17/h3-4,9-11,13,16H,5-8,12H2,1-2H3,(H,27,29,32). The molecule has 10 heteroatoms. The number of nitrogens with zero attached hydrogens (tertiary/aromatic N) is 3. The first-order valence-corrected chi connectivity index (χ1v) is 12.5. The second kappa shape index (κ2) is 10.7. The third-order valence-corrected chi connectivity index (χ3v) is 7.21. The van der Waals surface area contributed by atoms with Crippen LogP contribution in [-0.4, -0.2) is 46.4 Å². The lowest BCUT2D eigenvalue weighted by molar-refractivity contribution is -0.134. The van der Waals surface area contributed by atoms with Gasteiger partial charge in [0.05, 0.1) is 5.01 Å². The molecule has 2 aromatic heterocycles. The van der Waals surface area contributed by atoms with Crippen molar-refractivity contribution < 1.29 is 14.3 Å². The lowest BCUT2D eigenvalue weighted by Gasteiger charge is -2.31. The molecular weight excluding hydrogens is 495 g/mol. The third-order valence-electron chi connectivity index (χ3n) is 5.81. The number of aromatic nitrogens is 2. The van der Waals surface area contributed by atoms with Gasteiger partial charge < -0.3 is 15.0 Å². The Balaban J connectivity index is 1.28. The molecule has 1 aromatic carbocycles. The Bertz CT molecular complexity index is 1190. The van der Waals surface area contributed by atoms with E-state index in [4.69, 9.17) is 27.9 Å². The average molecular weight is 519 g/mol. The number of benzene rings is 1. The van der Waals surface area contributed by atoms with E-state index in [0.717, 1.165) is 23.4 Å². The van der Waals surface area contributed by atoms with E-state index in [-0.39, 0.29) is 34.6 Å². The average Bonchev–Trinajstić information content (AvgIpc) is 3.30. The summed E-state index contributed by atoms with van der Waals surface area (Å²) in [5.41, 5.74) is 3.12. The van der Waals surface area contributed by atoms with Crippen LogP contribution in [0.25, 0.3) is 0 Å². The van der Waals surface area contributed by atoms with E-state index in [1.807, 2.05) is 36.9 Å². The first kappa shape index (κ1) is 24.4. The van der Waals surface area contributed by atoms with Crippen LogP contribution in [0.3, 0.4) is 0 Å². The van der Waals surface area contributed by atoms with Gasteiger partial charge >= 0.3 is 0 Å². The number of nitrogens with one attached hydrogen (secondary N) is 1. The molecule has 0 saturated carbocycles. The van der Waals surface area contributed by atoms with E-state index < -0.39 is 0 Å². The fourth-order valence-corrected chi connectivity index (χ4v) is 5.16. The zero-order valence-corrected chi connectivity index (χ0v) is 21.1. The normalized spacial score (nSPS) is 14.2. The maximum Gasteiger partial charge on any atom is 0.275 e. The highest BCUT2D eigenvalue weighted by molar-refractivity contribution is 7.10. The Morgan fingerprint density at radius 3 is 2.47 bits per heavy atom. The molecule has 0 spiro atoms. The topological polar surface area (TPSA) is 84.4 Å². The van der Waals surface area contributed by atoms with Crippen molar-refractivity contribution in [2.24, 2.45) is 0 Å². The molecule has 7 nitrogen and oxygen atoms in total. The molecule has 1 aliphatic rings. The number of amides is 2. The first-order chi connectivity index (χ1) is 16.3. The number of ether oxygens (including phenoxy) is 1. The number of thiazole rings is 1. The Morgan fingerprint density at radius 2 is 1.79 bits per heavy atom. The summed E-state index contributed by atoms with van der Waals surface area (Å²) >= 11 is 13.2. The highest BCUT2D eigenvalue weighted by atomic mass is 35.5. The smallest absolute Gasteiger partial charge is 0.275 e. The largest absolute Gasteiger partial charge is 0.484 e. The molecule has 0 aliphatic carbocycles. The Labute approximate surface area is 212 Å². The van der Waals surface area contributed by atoms with Crippen molar-refractivity contribution in [2.75, 3.05) is 25.0 Å². The Kier molecular flexibility index (Phi) is 7.70. The summed E-state index contributed by atoms with van der Waals surface area (Å²) < 4.78 is 5.70. The van der Waals surface area contributed by atoms with Crippen molar-refractivity contribution in [1.82, 2.24) is 14.9 Å². The number of aryl methyl sites for hydroxylation is 2. The molecule has 3 aromatic rings. The minimum Gasteiger partial charge on any atom is -0.484 e. The van der Waals surface area contributed by atoms with Crippen LogP contribution in [0.1, 0.15) is 45.4 Å². The van der Waals surface area contributed by atoms with Crippen molar-refractivity contribution in [3.63, 3.8) is 0 Å². The Hall–Kier alpha value is -2.68. The lowest BCUT2D eigenvalue weighted by atomic mass is 9.97.